The average Bonchev–Trinajstić information content (AvgIpc) is 2.90. The van der Waals surface area contributed by atoms with Gasteiger partial charge in [0.15, 0.2) is 0 Å². The van der Waals surface area contributed by atoms with Crippen LogP contribution in [-0.2, 0) is 9.53 Å². The summed E-state index contributed by atoms with van der Waals surface area (Å²) in [5.74, 6) is 1.17. The molecule has 20 heavy (non-hydrogen) atoms. The van der Waals surface area contributed by atoms with Crippen LogP contribution in [0, 0.1) is 11.8 Å². The van der Waals surface area contributed by atoms with Crippen LogP contribution in [0.3, 0.4) is 0 Å². The van der Waals surface area contributed by atoms with Crippen LogP contribution in [0.5, 0.6) is 0 Å². The lowest BCUT2D eigenvalue weighted by atomic mass is 9.80. The maximum Gasteiger partial charge on any atom is 0.337 e. The molecule has 0 heterocycles. The van der Waals surface area contributed by atoms with E-state index < -0.39 is 0 Å². The zero-order chi connectivity index (χ0) is 14.1. The SMILES string of the molecule is COC(=O)C1=CC(C)CC2CC(c3ccccc3)C=C12. The molecule has 0 aromatic heterocycles. The van der Waals surface area contributed by atoms with Gasteiger partial charge in [0.05, 0.1) is 12.7 Å². The summed E-state index contributed by atoms with van der Waals surface area (Å²) >= 11 is 0. The Bertz CT molecular complexity index is 568. The first-order chi connectivity index (χ1) is 9.69. The molecule has 3 atom stereocenters. The first kappa shape index (κ1) is 13.2. The summed E-state index contributed by atoms with van der Waals surface area (Å²) in [5.41, 5.74) is 3.32. The second kappa shape index (κ2) is 5.28. The number of fused-ring (bicyclic) bond motifs is 1. The van der Waals surface area contributed by atoms with E-state index in [1.165, 1.54) is 18.2 Å². The third kappa shape index (κ3) is 2.31. The summed E-state index contributed by atoms with van der Waals surface area (Å²) < 4.78 is 4.94. The van der Waals surface area contributed by atoms with E-state index in [0.29, 0.717) is 17.8 Å². The van der Waals surface area contributed by atoms with E-state index in [0.717, 1.165) is 18.4 Å². The van der Waals surface area contributed by atoms with Crippen molar-refractivity contribution in [2.45, 2.75) is 25.7 Å². The van der Waals surface area contributed by atoms with Gasteiger partial charge in [-0.25, -0.2) is 4.79 Å². The van der Waals surface area contributed by atoms with Gasteiger partial charge in [0.1, 0.15) is 0 Å². The zero-order valence-corrected chi connectivity index (χ0v) is 12.0. The van der Waals surface area contributed by atoms with E-state index in [2.05, 4.69) is 43.3 Å². The van der Waals surface area contributed by atoms with Gasteiger partial charge < -0.3 is 4.74 Å². The lowest BCUT2D eigenvalue weighted by Gasteiger charge is -2.25. The number of rotatable bonds is 2. The number of hydrogen-bond acceptors (Lipinski definition) is 2. The molecular formula is C18H20O2. The lowest BCUT2D eigenvalue weighted by Crippen LogP contribution is -2.19. The normalized spacial score (nSPS) is 28.4. The fourth-order valence-corrected chi connectivity index (χ4v) is 3.51. The van der Waals surface area contributed by atoms with Crippen molar-refractivity contribution in [3.05, 3.63) is 59.2 Å². The second-order valence-electron chi connectivity index (χ2n) is 5.86. The highest BCUT2D eigenvalue weighted by atomic mass is 16.5. The molecule has 1 aromatic carbocycles. The molecule has 104 valence electrons. The molecule has 0 spiro atoms. The van der Waals surface area contributed by atoms with Gasteiger partial charge >= 0.3 is 5.97 Å². The van der Waals surface area contributed by atoms with E-state index >= 15 is 0 Å². The zero-order valence-electron chi connectivity index (χ0n) is 12.0. The van der Waals surface area contributed by atoms with Crippen molar-refractivity contribution in [1.29, 1.82) is 0 Å². The summed E-state index contributed by atoms with van der Waals surface area (Å²) in [6.07, 6.45) is 6.59. The van der Waals surface area contributed by atoms with Crippen LogP contribution >= 0.6 is 0 Å². The van der Waals surface area contributed by atoms with Crippen molar-refractivity contribution in [3.63, 3.8) is 0 Å². The highest BCUT2D eigenvalue weighted by molar-refractivity contribution is 5.94. The topological polar surface area (TPSA) is 26.3 Å². The Balaban J connectivity index is 1.93. The number of esters is 1. The number of benzene rings is 1. The molecule has 0 aliphatic heterocycles. The molecule has 0 amide bonds. The Hall–Kier alpha value is -1.83. The Morgan fingerprint density at radius 1 is 1.15 bits per heavy atom. The number of carbonyl (C=O) groups excluding carboxylic acids is 1. The monoisotopic (exact) mass is 268 g/mol. The van der Waals surface area contributed by atoms with E-state index in [9.17, 15) is 4.79 Å². The molecule has 3 unspecified atom stereocenters. The van der Waals surface area contributed by atoms with Crippen LogP contribution in [0.15, 0.2) is 53.6 Å². The molecule has 3 rings (SSSR count). The van der Waals surface area contributed by atoms with E-state index in [1.54, 1.807) is 0 Å². The first-order valence-electron chi connectivity index (χ1n) is 7.26. The predicted molar refractivity (Wildman–Crippen MR) is 79.3 cm³/mol. The molecule has 0 radical (unpaired) electrons. The van der Waals surface area contributed by atoms with Crippen molar-refractivity contribution in [3.8, 4) is 0 Å². The van der Waals surface area contributed by atoms with Crippen LogP contribution in [-0.4, -0.2) is 13.1 Å². The Labute approximate surface area is 120 Å². The van der Waals surface area contributed by atoms with Crippen molar-refractivity contribution in [1.82, 2.24) is 0 Å². The molecule has 0 saturated heterocycles. The number of hydrogen-bond donors (Lipinski definition) is 0. The Kier molecular flexibility index (Phi) is 3.47. The molecule has 2 nitrogen and oxygen atoms in total. The van der Waals surface area contributed by atoms with E-state index in [-0.39, 0.29) is 5.97 Å². The smallest absolute Gasteiger partial charge is 0.337 e. The third-order valence-corrected chi connectivity index (χ3v) is 4.41. The highest BCUT2D eigenvalue weighted by Crippen LogP contribution is 2.46. The van der Waals surface area contributed by atoms with Gasteiger partial charge in [-0.05, 0) is 35.8 Å². The van der Waals surface area contributed by atoms with Crippen molar-refractivity contribution in [2.75, 3.05) is 7.11 Å². The molecular weight excluding hydrogens is 248 g/mol. The van der Waals surface area contributed by atoms with Gasteiger partial charge in [-0.15, -0.1) is 0 Å². The summed E-state index contributed by atoms with van der Waals surface area (Å²) in [4.78, 5) is 12.0. The molecule has 0 N–H and O–H groups in total. The quantitative estimate of drug-likeness (QED) is 0.761. The summed E-state index contributed by atoms with van der Waals surface area (Å²) in [7, 11) is 1.46. The highest BCUT2D eigenvalue weighted by Gasteiger charge is 2.35. The maximum atomic E-state index is 12.0. The van der Waals surface area contributed by atoms with Gasteiger partial charge in [0, 0.05) is 5.92 Å². The number of ether oxygens (including phenoxy) is 1. The Morgan fingerprint density at radius 3 is 2.60 bits per heavy atom. The fraction of sp³-hybridized carbons (Fsp3) is 0.389. The van der Waals surface area contributed by atoms with Crippen molar-refractivity contribution < 1.29 is 9.53 Å². The number of carbonyl (C=O) groups is 1. The van der Waals surface area contributed by atoms with Gasteiger partial charge in [0.25, 0.3) is 0 Å². The van der Waals surface area contributed by atoms with Gasteiger partial charge in [-0.2, -0.15) is 0 Å². The summed E-state index contributed by atoms with van der Waals surface area (Å²) in [6.45, 7) is 2.18. The summed E-state index contributed by atoms with van der Waals surface area (Å²) in [5, 5.41) is 0. The minimum atomic E-state index is -0.193. The van der Waals surface area contributed by atoms with Crippen LogP contribution in [0.1, 0.15) is 31.2 Å². The first-order valence-corrected chi connectivity index (χ1v) is 7.26. The minimum absolute atomic E-state index is 0.193. The van der Waals surface area contributed by atoms with Gasteiger partial charge in [0.2, 0.25) is 0 Å². The second-order valence-corrected chi connectivity index (χ2v) is 5.86. The third-order valence-electron chi connectivity index (χ3n) is 4.41. The van der Waals surface area contributed by atoms with E-state index in [4.69, 9.17) is 4.74 Å². The molecule has 0 bridgehead atoms. The Morgan fingerprint density at radius 2 is 1.90 bits per heavy atom. The molecule has 2 heteroatoms. The molecule has 1 aromatic rings. The maximum absolute atomic E-state index is 12.0. The standard InChI is InChI=1S/C18H20O2/c1-12-8-15-10-14(13-6-4-3-5-7-13)11-16(15)17(9-12)18(19)20-2/h3-7,9,11-12,14-15H,8,10H2,1-2H3. The van der Waals surface area contributed by atoms with Crippen LogP contribution in [0.25, 0.3) is 0 Å². The molecule has 2 aliphatic carbocycles. The minimum Gasteiger partial charge on any atom is -0.465 e. The largest absolute Gasteiger partial charge is 0.465 e. The predicted octanol–water partition coefficient (Wildman–Crippen LogP) is 3.86. The number of methoxy groups -OCH3 is 1. The average molecular weight is 268 g/mol. The van der Waals surface area contributed by atoms with Crippen LogP contribution < -0.4 is 0 Å². The molecule has 0 saturated carbocycles. The molecule has 2 aliphatic rings. The van der Waals surface area contributed by atoms with Crippen molar-refractivity contribution in [2.24, 2.45) is 11.8 Å². The lowest BCUT2D eigenvalue weighted by molar-refractivity contribution is -0.136. The van der Waals surface area contributed by atoms with Crippen molar-refractivity contribution >= 4 is 5.97 Å². The molecule has 0 fully saturated rings. The summed E-state index contributed by atoms with van der Waals surface area (Å²) in [6, 6.07) is 10.5. The van der Waals surface area contributed by atoms with Crippen LogP contribution in [0.4, 0.5) is 0 Å². The number of allylic oxidation sites excluding steroid dienone is 2. The van der Waals surface area contributed by atoms with Gasteiger partial charge in [-0.3, -0.25) is 0 Å². The van der Waals surface area contributed by atoms with E-state index in [1.807, 2.05) is 6.07 Å². The fourth-order valence-electron chi connectivity index (χ4n) is 3.51. The van der Waals surface area contributed by atoms with Crippen LogP contribution in [0.2, 0.25) is 0 Å². The van der Waals surface area contributed by atoms with Gasteiger partial charge in [-0.1, -0.05) is 49.4 Å².